The standard InChI is InChI=1S/C13H12INO4/c1-13(2)6-10(16)15(12(13)19)9-5-7(11(17)18)3-4-8(9)14/h3-5H,6H2,1-2H3,(H,17,18). The average Bonchev–Trinajstić information content (AvgIpc) is 2.49. The van der Waals surface area contributed by atoms with Crippen LogP contribution in [0.2, 0.25) is 0 Å². The van der Waals surface area contributed by atoms with Crippen molar-refractivity contribution >= 4 is 46.1 Å². The van der Waals surface area contributed by atoms with E-state index in [0.29, 0.717) is 9.26 Å². The van der Waals surface area contributed by atoms with Crippen LogP contribution in [-0.4, -0.2) is 22.9 Å². The van der Waals surface area contributed by atoms with Crippen molar-refractivity contribution in [3.05, 3.63) is 27.3 Å². The molecule has 1 saturated heterocycles. The molecule has 1 aliphatic rings. The monoisotopic (exact) mass is 373 g/mol. The van der Waals surface area contributed by atoms with Crippen molar-refractivity contribution in [1.82, 2.24) is 0 Å². The SMILES string of the molecule is CC1(C)CC(=O)N(c2cc(C(=O)O)ccc2I)C1=O. The Bertz CT molecular complexity index is 594. The van der Waals surface area contributed by atoms with Crippen LogP contribution in [0.5, 0.6) is 0 Å². The fourth-order valence-electron chi connectivity index (χ4n) is 2.01. The molecule has 0 aliphatic carbocycles. The van der Waals surface area contributed by atoms with E-state index in [1.807, 2.05) is 22.6 Å². The van der Waals surface area contributed by atoms with E-state index in [1.54, 1.807) is 19.9 Å². The fraction of sp³-hybridized carbons (Fsp3) is 0.308. The fourth-order valence-corrected chi connectivity index (χ4v) is 2.59. The van der Waals surface area contributed by atoms with E-state index in [4.69, 9.17) is 5.11 Å². The van der Waals surface area contributed by atoms with Gasteiger partial charge >= 0.3 is 5.97 Å². The highest BCUT2D eigenvalue weighted by Gasteiger charge is 2.46. The van der Waals surface area contributed by atoms with Gasteiger partial charge in [-0.05, 0) is 40.8 Å². The molecule has 5 nitrogen and oxygen atoms in total. The number of nitrogens with zero attached hydrogens (tertiary/aromatic N) is 1. The van der Waals surface area contributed by atoms with E-state index in [9.17, 15) is 14.4 Å². The molecule has 19 heavy (non-hydrogen) atoms. The third-order valence-corrected chi connectivity index (χ3v) is 3.97. The van der Waals surface area contributed by atoms with Crippen molar-refractivity contribution < 1.29 is 19.5 Å². The first-order valence-electron chi connectivity index (χ1n) is 5.64. The molecule has 1 aromatic carbocycles. The van der Waals surface area contributed by atoms with Crippen molar-refractivity contribution in [2.24, 2.45) is 5.41 Å². The maximum Gasteiger partial charge on any atom is 0.335 e. The van der Waals surface area contributed by atoms with Gasteiger partial charge in [0.15, 0.2) is 0 Å². The molecule has 0 atom stereocenters. The molecule has 1 aromatic rings. The molecule has 1 heterocycles. The zero-order valence-corrected chi connectivity index (χ0v) is 12.6. The van der Waals surface area contributed by atoms with Crippen molar-refractivity contribution in [3.63, 3.8) is 0 Å². The Hall–Kier alpha value is -1.44. The number of carbonyl (C=O) groups is 3. The molecule has 1 aliphatic heterocycles. The van der Waals surface area contributed by atoms with E-state index in [2.05, 4.69) is 0 Å². The summed E-state index contributed by atoms with van der Waals surface area (Å²) in [6.07, 6.45) is 0.138. The first-order valence-corrected chi connectivity index (χ1v) is 6.72. The lowest BCUT2D eigenvalue weighted by Gasteiger charge is -2.19. The second-order valence-corrected chi connectivity index (χ2v) is 6.23. The van der Waals surface area contributed by atoms with Gasteiger partial charge < -0.3 is 5.11 Å². The number of aromatic carboxylic acids is 1. The highest BCUT2D eigenvalue weighted by molar-refractivity contribution is 14.1. The van der Waals surface area contributed by atoms with Gasteiger partial charge in [-0.25, -0.2) is 9.69 Å². The normalized spacial score (nSPS) is 17.9. The number of imide groups is 1. The van der Waals surface area contributed by atoms with Gasteiger partial charge in [-0.1, -0.05) is 13.8 Å². The minimum Gasteiger partial charge on any atom is -0.478 e. The van der Waals surface area contributed by atoms with Gasteiger partial charge in [0.1, 0.15) is 0 Å². The van der Waals surface area contributed by atoms with E-state index >= 15 is 0 Å². The number of carboxylic acids is 1. The molecule has 0 spiro atoms. The van der Waals surface area contributed by atoms with Gasteiger partial charge in [0.25, 0.3) is 0 Å². The summed E-state index contributed by atoms with van der Waals surface area (Å²) < 4.78 is 0.669. The predicted molar refractivity (Wildman–Crippen MR) is 77.0 cm³/mol. The van der Waals surface area contributed by atoms with Gasteiger partial charge in [0, 0.05) is 9.99 Å². The Kier molecular flexibility index (Phi) is 3.38. The molecule has 0 aromatic heterocycles. The minimum absolute atomic E-state index is 0.0562. The molecule has 0 radical (unpaired) electrons. The number of hydrogen-bond acceptors (Lipinski definition) is 3. The maximum atomic E-state index is 12.2. The number of hydrogen-bond donors (Lipinski definition) is 1. The van der Waals surface area contributed by atoms with Crippen LogP contribution in [0, 0.1) is 8.99 Å². The highest BCUT2D eigenvalue weighted by Crippen LogP contribution is 2.37. The smallest absolute Gasteiger partial charge is 0.335 e. The lowest BCUT2D eigenvalue weighted by molar-refractivity contribution is -0.124. The molecular weight excluding hydrogens is 361 g/mol. The van der Waals surface area contributed by atoms with E-state index in [0.717, 1.165) is 4.90 Å². The summed E-state index contributed by atoms with van der Waals surface area (Å²) in [5, 5.41) is 8.99. The molecule has 1 fully saturated rings. The minimum atomic E-state index is -1.09. The number of anilines is 1. The summed E-state index contributed by atoms with van der Waals surface area (Å²) in [4.78, 5) is 36.3. The quantitative estimate of drug-likeness (QED) is 0.638. The Morgan fingerprint density at radius 1 is 1.37 bits per heavy atom. The lowest BCUT2D eigenvalue weighted by Crippen LogP contribution is -2.33. The summed E-state index contributed by atoms with van der Waals surface area (Å²) in [6.45, 7) is 3.42. The maximum absolute atomic E-state index is 12.2. The Morgan fingerprint density at radius 2 is 2.00 bits per heavy atom. The largest absolute Gasteiger partial charge is 0.478 e. The van der Waals surface area contributed by atoms with Crippen LogP contribution in [0.3, 0.4) is 0 Å². The summed E-state index contributed by atoms with van der Waals surface area (Å²) in [5.74, 6) is -1.68. The molecule has 6 heteroatoms. The molecule has 0 bridgehead atoms. The predicted octanol–water partition coefficient (Wildman–Crippen LogP) is 2.28. The van der Waals surface area contributed by atoms with Crippen LogP contribution in [-0.2, 0) is 9.59 Å². The Labute approximate surface area is 123 Å². The van der Waals surface area contributed by atoms with Gasteiger partial charge in [-0.2, -0.15) is 0 Å². The second kappa shape index (κ2) is 4.59. The summed E-state index contributed by atoms with van der Waals surface area (Å²) >= 11 is 1.98. The first kappa shape index (κ1) is 14.0. The van der Waals surface area contributed by atoms with Crippen LogP contribution in [0.1, 0.15) is 30.6 Å². The van der Waals surface area contributed by atoms with Crippen molar-refractivity contribution in [2.75, 3.05) is 4.90 Å². The Morgan fingerprint density at radius 3 is 2.47 bits per heavy atom. The Balaban J connectivity index is 2.53. The molecule has 2 rings (SSSR count). The number of carbonyl (C=O) groups excluding carboxylic acids is 2. The van der Waals surface area contributed by atoms with Crippen LogP contribution in [0.15, 0.2) is 18.2 Å². The molecule has 1 N–H and O–H groups in total. The second-order valence-electron chi connectivity index (χ2n) is 5.07. The van der Waals surface area contributed by atoms with Crippen LogP contribution in [0.25, 0.3) is 0 Å². The molecular formula is C13H12INO4. The molecule has 100 valence electrons. The lowest BCUT2D eigenvalue weighted by atomic mass is 9.92. The number of amides is 2. The highest BCUT2D eigenvalue weighted by atomic mass is 127. The number of rotatable bonds is 2. The average molecular weight is 373 g/mol. The zero-order chi connectivity index (χ0) is 14.4. The van der Waals surface area contributed by atoms with Crippen LogP contribution >= 0.6 is 22.6 Å². The van der Waals surface area contributed by atoms with Crippen molar-refractivity contribution in [1.29, 1.82) is 0 Å². The van der Waals surface area contributed by atoms with Crippen molar-refractivity contribution in [2.45, 2.75) is 20.3 Å². The van der Waals surface area contributed by atoms with Gasteiger partial charge in [0.2, 0.25) is 11.8 Å². The van der Waals surface area contributed by atoms with Crippen LogP contribution < -0.4 is 4.90 Å². The van der Waals surface area contributed by atoms with Gasteiger partial charge in [0.05, 0.1) is 16.7 Å². The van der Waals surface area contributed by atoms with E-state index in [-0.39, 0.29) is 23.8 Å². The summed E-state index contributed by atoms with van der Waals surface area (Å²) in [5.41, 5.74) is -0.332. The topological polar surface area (TPSA) is 74.7 Å². The summed E-state index contributed by atoms with van der Waals surface area (Å²) in [6, 6.07) is 4.40. The number of halogens is 1. The van der Waals surface area contributed by atoms with Crippen molar-refractivity contribution in [3.8, 4) is 0 Å². The summed E-state index contributed by atoms with van der Waals surface area (Å²) in [7, 11) is 0. The van der Waals surface area contributed by atoms with Crippen LogP contribution in [0.4, 0.5) is 5.69 Å². The van der Waals surface area contributed by atoms with E-state index in [1.165, 1.54) is 12.1 Å². The molecule has 0 unspecified atom stereocenters. The third-order valence-electron chi connectivity index (χ3n) is 3.06. The van der Waals surface area contributed by atoms with Gasteiger partial charge in [-0.15, -0.1) is 0 Å². The first-order chi connectivity index (χ1) is 8.74. The van der Waals surface area contributed by atoms with E-state index < -0.39 is 11.4 Å². The number of carboxylic acid groups (broad SMARTS) is 1. The third kappa shape index (κ3) is 2.36. The van der Waals surface area contributed by atoms with Gasteiger partial charge in [-0.3, -0.25) is 9.59 Å². The molecule has 2 amide bonds. The zero-order valence-electron chi connectivity index (χ0n) is 10.4. The number of benzene rings is 1. The molecule has 0 saturated carbocycles.